The number of nitrogens with two attached hydrogens (primary N) is 1. The van der Waals surface area contributed by atoms with Gasteiger partial charge in [-0.1, -0.05) is 6.92 Å². The summed E-state index contributed by atoms with van der Waals surface area (Å²) >= 11 is 0. The number of hydrogen-bond acceptors (Lipinski definition) is 5. The van der Waals surface area contributed by atoms with Gasteiger partial charge in [0, 0.05) is 12.2 Å². The Balaban J connectivity index is 1.78. The highest BCUT2D eigenvalue weighted by Gasteiger charge is 2.39. The zero-order chi connectivity index (χ0) is 13.0. The summed E-state index contributed by atoms with van der Waals surface area (Å²) in [6.45, 7) is 2.29. The second-order valence-electron chi connectivity index (χ2n) is 5.75. The lowest BCUT2D eigenvalue weighted by atomic mass is 9.95. The SMILES string of the molecule is C[C@@H]1C[C@H](N)C[C@@H]1C1NNc2cnc3nccc-3n21. The number of aromatic nitrogens is 3. The maximum Gasteiger partial charge on any atom is 0.176 e. The van der Waals surface area contributed by atoms with Gasteiger partial charge in [-0.15, -0.1) is 0 Å². The molecule has 3 heterocycles. The minimum atomic E-state index is 0.230. The van der Waals surface area contributed by atoms with Crippen LogP contribution in [0.15, 0.2) is 18.5 Å². The Morgan fingerprint density at radius 1 is 1.37 bits per heavy atom. The Hall–Kier alpha value is -1.66. The molecule has 0 aromatic carbocycles. The van der Waals surface area contributed by atoms with Gasteiger partial charge in [0.05, 0.1) is 11.9 Å². The van der Waals surface area contributed by atoms with Crippen molar-refractivity contribution >= 4 is 5.82 Å². The second kappa shape index (κ2) is 3.91. The first kappa shape index (κ1) is 11.2. The van der Waals surface area contributed by atoms with Crippen molar-refractivity contribution in [1.82, 2.24) is 20.0 Å². The molecule has 6 heteroatoms. The first-order valence-corrected chi connectivity index (χ1v) is 6.83. The van der Waals surface area contributed by atoms with Crippen molar-refractivity contribution in [2.45, 2.75) is 32.0 Å². The van der Waals surface area contributed by atoms with E-state index in [-0.39, 0.29) is 6.17 Å². The number of hydrogen-bond donors (Lipinski definition) is 3. The van der Waals surface area contributed by atoms with Crippen LogP contribution in [0.3, 0.4) is 0 Å². The third-order valence-corrected chi connectivity index (χ3v) is 4.50. The van der Waals surface area contributed by atoms with Crippen LogP contribution < -0.4 is 16.6 Å². The second-order valence-corrected chi connectivity index (χ2v) is 5.75. The molecule has 100 valence electrons. The van der Waals surface area contributed by atoms with Crippen molar-refractivity contribution in [2.24, 2.45) is 17.6 Å². The maximum absolute atomic E-state index is 6.11. The standard InChI is InChI=1S/C13H18N6/c1-7-4-8(14)5-9(7)13-18-17-11-6-16-12-10(19(11)13)2-3-15-12/h2-3,6-9,13,17-18H,4-5,14H2,1H3/t7-,8+,9+,13?/m1/s1. The van der Waals surface area contributed by atoms with Crippen molar-refractivity contribution in [1.29, 1.82) is 0 Å². The predicted molar refractivity (Wildman–Crippen MR) is 72.3 cm³/mol. The molecule has 4 rings (SSSR count). The lowest BCUT2D eigenvalue weighted by Crippen LogP contribution is -2.31. The highest BCUT2D eigenvalue weighted by molar-refractivity contribution is 5.58. The van der Waals surface area contributed by atoms with E-state index in [1.807, 2.05) is 18.5 Å². The van der Waals surface area contributed by atoms with Gasteiger partial charge >= 0.3 is 0 Å². The van der Waals surface area contributed by atoms with Gasteiger partial charge in [-0.25, -0.2) is 15.4 Å². The fourth-order valence-corrected chi connectivity index (χ4v) is 3.59. The number of hydrazine groups is 1. The van der Waals surface area contributed by atoms with Crippen LogP contribution in [-0.2, 0) is 0 Å². The van der Waals surface area contributed by atoms with Crippen LogP contribution in [0.4, 0.5) is 5.82 Å². The van der Waals surface area contributed by atoms with Crippen LogP contribution in [0.2, 0.25) is 0 Å². The predicted octanol–water partition coefficient (Wildman–Crippen LogP) is 1.18. The molecule has 6 nitrogen and oxygen atoms in total. The van der Waals surface area contributed by atoms with Gasteiger partial charge in [0.2, 0.25) is 0 Å². The van der Waals surface area contributed by atoms with E-state index in [0.717, 1.165) is 30.2 Å². The Bertz CT molecular complexity index is 579. The number of fused-ring (bicyclic) bond motifs is 3. The largest absolute Gasteiger partial charge is 0.328 e. The van der Waals surface area contributed by atoms with Crippen molar-refractivity contribution in [3.63, 3.8) is 0 Å². The van der Waals surface area contributed by atoms with E-state index in [1.54, 1.807) is 0 Å². The van der Waals surface area contributed by atoms with E-state index >= 15 is 0 Å². The van der Waals surface area contributed by atoms with Gasteiger partial charge in [0.1, 0.15) is 12.0 Å². The monoisotopic (exact) mass is 258 g/mol. The summed E-state index contributed by atoms with van der Waals surface area (Å²) in [6.07, 6.45) is 6.04. The lowest BCUT2D eigenvalue weighted by Gasteiger charge is -2.25. The van der Waals surface area contributed by atoms with Crippen molar-refractivity contribution in [3.05, 3.63) is 18.5 Å². The summed E-state index contributed by atoms with van der Waals surface area (Å²) in [5.74, 6) is 2.96. The molecule has 1 unspecified atom stereocenters. The number of nitrogens with one attached hydrogen (secondary N) is 2. The van der Waals surface area contributed by atoms with E-state index in [1.165, 1.54) is 0 Å². The molecule has 0 bridgehead atoms. The Morgan fingerprint density at radius 3 is 3.05 bits per heavy atom. The summed E-state index contributed by atoms with van der Waals surface area (Å²) in [4.78, 5) is 8.63. The topological polar surface area (TPSA) is 80.8 Å². The lowest BCUT2D eigenvalue weighted by molar-refractivity contribution is 0.263. The highest BCUT2D eigenvalue weighted by Crippen LogP contribution is 2.42. The molecular formula is C13H18N6. The van der Waals surface area contributed by atoms with E-state index in [9.17, 15) is 0 Å². The van der Waals surface area contributed by atoms with Crippen molar-refractivity contribution in [2.75, 3.05) is 5.43 Å². The number of nitrogens with zero attached hydrogens (tertiary/aromatic N) is 3. The van der Waals surface area contributed by atoms with Crippen molar-refractivity contribution in [3.8, 4) is 11.5 Å². The average Bonchev–Trinajstić information content (AvgIpc) is 3.05. The molecule has 1 saturated carbocycles. The minimum absolute atomic E-state index is 0.230. The van der Waals surface area contributed by atoms with E-state index in [2.05, 4.69) is 32.3 Å². The van der Waals surface area contributed by atoms with Crippen LogP contribution >= 0.6 is 0 Å². The smallest absolute Gasteiger partial charge is 0.176 e. The normalized spacial score (nSPS) is 33.6. The molecule has 0 saturated heterocycles. The Kier molecular flexibility index (Phi) is 2.31. The van der Waals surface area contributed by atoms with Crippen molar-refractivity contribution < 1.29 is 0 Å². The summed E-state index contributed by atoms with van der Waals surface area (Å²) in [5, 5.41) is 0. The average molecular weight is 258 g/mol. The van der Waals surface area contributed by atoms with E-state index in [4.69, 9.17) is 5.73 Å². The molecule has 4 N–H and O–H groups in total. The molecular weight excluding hydrogens is 240 g/mol. The van der Waals surface area contributed by atoms with E-state index in [0.29, 0.717) is 17.9 Å². The molecule has 0 aromatic rings. The van der Waals surface area contributed by atoms with Gasteiger partial charge in [0.25, 0.3) is 0 Å². The molecule has 0 radical (unpaired) electrons. The molecule has 19 heavy (non-hydrogen) atoms. The number of anilines is 1. The maximum atomic E-state index is 6.11. The molecule has 0 aromatic heterocycles. The Morgan fingerprint density at radius 2 is 2.26 bits per heavy atom. The summed E-state index contributed by atoms with van der Waals surface area (Å²) in [5.41, 5.74) is 13.8. The van der Waals surface area contributed by atoms with E-state index < -0.39 is 0 Å². The third-order valence-electron chi connectivity index (χ3n) is 4.50. The zero-order valence-electron chi connectivity index (χ0n) is 10.9. The molecule has 0 spiro atoms. The molecule has 0 amide bonds. The summed E-state index contributed by atoms with van der Waals surface area (Å²) in [6, 6.07) is 2.34. The van der Waals surface area contributed by atoms with Crippen LogP contribution in [0, 0.1) is 11.8 Å². The molecule has 4 aliphatic rings. The first-order valence-electron chi connectivity index (χ1n) is 6.83. The molecule has 4 atom stereocenters. The fraction of sp³-hybridized carbons (Fsp3) is 0.538. The minimum Gasteiger partial charge on any atom is -0.328 e. The van der Waals surface area contributed by atoms with Gasteiger partial charge in [-0.05, 0) is 30.7 Å². The van der Waals surface area contributed by atoms with Gasteiger partial charge < -0.3 is 15.7 Å². The molecule has 1 aliphatic carbocycles. The first-order chi connectivity index (χ1) is 9.24. The summed E-state index contributed by atoms with van der Waals surface area (Å²) < 4.78 is 2.27. The van der Waals surface area contributed by atoms with Crippen LogP contribution in [0.5, 0.6) is 0 Å². The van der Waals surface area contributed by atoms with Crippen LogP contribution in [0.1, 0.15) is 25.9 Å². The van der Waals surface area contributed by atoms with Crippen LogP contribution in [0.25, 0.3) is 11.5 Å². The van der Waals surface area contributed by atoms with Gasteiger partial charge in [-0.3, -0.25) is 0 Å². The fourth-order valence-electron chi connectivity index (χ4n) is 3.59. The third kappa shape index (κ3) is 1.56. The quantitative estimate of drug-likeness (QED) is 0.716. The summed E-state index contributed by atoms with van der Waals surface area (Å²) in [7, 11) is 0. The van der Waals surface area contributed by atoms with Crippen LogP contribution in [-0.4, -0.2) is 20.6 Å². The number of rotatable bonds is 1. The Labute approximate surface area is 111 Å². The molecule has 3 aliphatic heterocycles. The highest BCUT2D eigenvalue weighted by atomic mass is 15.5. The molecule has 1 fully saturated rings. The van der Waals surface area contributed by atoms with Gasteiger partial charge in [-0.2, -0.15) is 0 Å². The van der Waals surface area contributed by atoms with Gasteiger partial charge in [0.15, 0.2) is 5.82 Å². The zero-order valence-corrected chi connectivity index (χ0v) is 10.9.